The highest BCUT2D eigenvalue weighted by atomic mass is 32.2. The van der Waals surface area contributed by atoms with Crippen molar-refractivity contribution in [3.8, 4) is 11.4 Å². The van der Waals surface area contributed by atoms with Gasteiger partial charge < -0.3 is 0 Å². The van der Waals surface area contributed by atoms with Crippen molar-refractivity contribution in [2.45, 2.75) is 17.7 Å². The third-order valence-corrected chi connectivity index (χ3v) is 7.10. The third-order valence-electron chi connectivity index (χ3n) is 5.37. The first-order chi connectivity index (χ1) is 14.0. The molecule has 0 bridgehead atoms. The molecule has 1 aliphatic heterocycles. The SMILES string of the molecule is O=C1CSC2(CCc3ccccc32)N1n1c(-c2ccc([N+](=O)[O-])cc2)n[nH]c1=S. The highest BCUT2D eigenvalue weighted by molar-refractivity contribution is 8.01. The number of carbonyl (C=O) groups is 1. The Hall–Kier alpha value is -2.98. The van der Waals surface area contributed by atoms with Crippen LogP contribution in [0, 0.1) is 14.9 Å². The van der Waals surface area contributed by atoms with Crippen molar-refractivity contribution in [1.29, 1.82) is 0 Å². The number of carbonyl (C=O) groups excluding carboxylic acids is 1. The van der Waals surface area contributed by atoms with Crippen LogP contribution in [0.25, 0.3) is 11.4 Å². The van der Waals surface area contributed by atoms with Crippen molar-refractivity contribution in [3.63, 3.8) is 0 Å². The van der Waals surface area contributed by atoms with Gasteiger partial charge in [-0.1, -0.05) is 24.3 Å². The molecular formula is C19H15N5O3S2. The number of H-pyrrole nitrogens is 1. The van der Waals surface area contributed by atoms with Crippen LogP contribution in [0.3, 0.4) is 0 Å². The second-order valence-corrected chi connectivity index (χ2v) is 8.54. The van der Waals surface area contributed by atoms with E-state index in [1.165, 1.54) is 17.7 Å². The number of nitro groups is 1. The second kappa shape index (κ2) is 6.53. The zero-order valence-electron chi connectivity index (χ0n) is 15.1. The van der Waals surface area contributed by atoms with Gasteiger partial charge in [-0.2, -0.15) is 5.10 Å². The highest BCUT2D eigenvalue weighted by Crippen LogP contribution is 2.52. The summed E-state index contributed by atoms with van der Waals surface area (Å²) < 4.78 is 1.94. The fourth-order valence-electron chi connectivity index (χ4n) is 4.10. The molecule has 146 valence electrons. The lowest BCUT2D eigenvalue weighted by molar-refractivity contribution is -0.384. The van der Waals surface area contributed by atoms with Crippen LogP contribution in [0.1, 0.15) is 17.5 Å². The number of non-ortho nitro benzene ring substituents is 1. The molecule has 2 aromatic carbocycles. The third kappa shape index (κ3) is 2.63. The Labute approximate surface area is 174 Å². The molecule has 2 heterocycles. The molecule has 1 spiro atoms. The minimum absolute atomic E-state index is 0.0107. The average Bonchev–Trinajstić information content (AvgIpc) is 3.39. The predicted octanol–water partition coefficient (Wildman–Crippen LogP) is 3.53. The first kappa shape index (κ1) is 18.1. The Morgan fingerprint density at radius 1 is 1.21 bits per heavy atom. The van der Waals surface area contributed by atoms with E-state index >= 15 is 0 Å². The Balaban J connectivity index is 1.66. The summed E-state index contributed by atoms with van der Waals surface area (Å²) in [5.41, 5.74) is 2.97. The van der Waals surface area contributed by atoms with Crippen molar-refractivity contribution in [3.05, 3.63) is 74.5 Å². The number of aryl methyl sites for hydroxylation is 1. The molecule has 5 rings (SSSR count). The maximum absolute atomic E-state index is 13.0. The summed E-state index contributed by atoms with van der Waals surface area (Å²) in [5.74, 6) is 0.748. The van der Waals surface area contributed by atoms with Gasteiger partial charge in [0.05, 0.1) is 10.7 Å². The van der Waals surface area contributed by atoms with E-state index in [4.69, 9.17) is 12.2 Å². The number of hydrogen-bond acceptors (Lipinski definition) is 6. The number of aromatic amines is 1. The number of benzene rings is 2. The molecule has 0 radical (unpaired) electrons. The normalized spacial score (nSPS) is 20.4. The minimum atomic E-state index is -0.536. The lowest BCUT2D eigenvalue weighted by Gasteiger charge is -2.35. The number of nitro benzene ring substituents is 1. The van der Waals surface area contributed by atoms with Crippen molar-refractivity contribution in [2.75, 3.05) is 10.8 Å². The molecular weight excluding hydrogens is 410 g/mol. The van der Waals surface area contributed by atoms with Crippen LogP contribution in [0.4, 0.5) is 5.69 Å². The van der Waals surface area contributed by atoms with Crippen molar-refractivity contribution >= 4 is 35.6 Å². The molecule has 1 saturated heterocycles. The van der Waals surface area contributed by atoms with Crippen LogP contribution in [0.5, 0.6) is 0 Å². The molecule has 1 aromatic heterocycles. The number of nitrogens with zero attached hydrogens (tertiary/aromatic N) is 4. The summed E-state index contributed by atoms with van der Waals surface area (Å²) in [7, 11) is 0. The van der Waals surface area contributed by atoms with Crippen molar-refractivity contribution in [1.82, 2.24) is 14.9 Å². The average molecular weight is 425 g/mol. The first-order valence-corrected chi connectivity index (χ1v) is 10.4. The molecule has 3 aromatic rings. The molecule has 29 heavy (non-hydrogen) atoms. The lowest BCUT2D eigenvalue weighted by atomic mass is 10.1. The Morgan fingerprint density at radius 2 is 1.97 bits per heavy atom. The summed E-state index contributed by atoms with van der Waals surface area (Å²) in [6, 6.07) is 14.2. The molecule has 1 amide bonds. The summed E-state index contributed by atoms with van der Waals surface area (Å²) in [6.07, 6.45) is 1.67. The zero-order valence-corrected chi connectivity index (χ0v) is 16.7. The van der Waals surface area contributed by atoms with Crippen LogP contribution in [0.2, 0.25) is 0 Å². The summed E-state index contributed by atoms with van der Waals surface area (Å²) in [4.78, 5) is 23.0. The Morgan fingerprint density at radius 3 is 2.72 bits per heavy atom. The van der Waals surface area contributed by atoms with Gasteiger partial charge in [0, 0.05) is 17.7 Å². The van der Waals surface area contributed by atoms with E-state index in [2.05, 4.69) is 22.3 Å². The topological polar surface area (TPSA) is 97.1 Å². The number of nitrogens with one attached hydrogen (secondary N) is 1. The molecule has 1 aliphatic carbocycles. The highest BCUT2D eigenvalue weighted by Gasteiger charge is 2.53. The van der Waals surface area contributed by atoms with Gasteiger partial charge in [0.15, 0.2) is 5.82 Å². The summed E-state index contributed by atoms with van der Waals surface area (Å²) >= 11 is 7.09. The van der Waals surface area contributed by atoms with E-state index in [9.17, 15) is 14.9 Å². The van der Waals surface area contributed by atoms with Crippen LogP contribution >= 0.6 is 24.0 Å². The van der Waals surface area contributed by atoms with Gasteiger partial charge in [-0.3, -0.25) is 14.9 Å². The standard InChI is InChI=1S/C19H15N5O3S2/c25-16-11-29-19(10-9-12-3-1-2-4-15(12)19)23(16)22-17(20-21-18(22)28)13-5-7-14(8-6-13)24(26)27/h1-8H,9-11H2,(H,21,28). The molecule has 1 fully saturated rings. The van der Waals surface area contributed by atoms with Gasteiger partial charge in [-0.15, -0.1) is 11.8 Å². The number of amides is 1. The Bertz CT molecular complexity index is 1200. The van der Waals surface area contributed by atoms with E-state index in [0.717, 1.165) is 18.4 Å². The van der Waals surface area contributed by atoms with Gasteiger partial charge in [-0.05, 0) is 48.3 Å². The van der Waals surface area contributed by atoms with Crippen molar-refractivity contribution in [2.24, 2.45) is 0 Å². The summed E-state index contributed by atoms with van der Waals surface area (Å²) in [5, 5.41) is 19.8. The lowest BCUT2D eigenvalue weighted by Crippen LogP contribution is -2.49. The van der Waals surface area contributed by atoms with Crippen LogP contribution in [0.15, 0.2) is 48.5 Å². The van der Waals surface area contributed by atoms with Crippen LogP contribution < -0.4 is 5.01 Å². The van der Waals surface area contributed by atoms with Gasteiger partial charge >= 0.3 is 0 Å². The number of aromatic nitrogens is 3. The van der Waals surface area contributed by atoms with Crippen LogP contribution in [-0.4, -0.2) is 31.5 Å². The van der Waals surface area contributed by atoms with Gasteiger partial charge in [0.25, 0.3) is 11.6 Å². The van der Waals surface area contributed by atoms with E-state index < -0.39 is 9.79 Å². The largest absolute Gasteiger partial charge is 0.272 e. The molecule has 10 heteroatoms. The fourth-order valence-corrected chi connectivity index (χ4v) is 5.71. The molecule has 0 saturated carbocycles. The zero-order chi connectivity index (χ0) is 20.2. The molecule has 2 aliphatic rings. The molecule has 8 nitrogen and oxygen atoms in total. The van der Waals surface area contributed by atoms with Gasteiger partial charge in [-0.25, -0.2) is 14.8 Å². The van der Waals surface area contributed by atoms with E-state index in [1.807, 2.05) is 12.1 Å². The maximum atomic E-state index is 13.0. The number of hydrogen-bond donors (Lipinski definition) is 1. The molecule has 1 atom stereocenters. The minimum Gasteiger partial charge on any atom is -0.272 e. The smallest absolute Gasteiger partial charge is 0.269 e. The molecule has 1 N–H and O–H groups in total. The predicted molar refractivity (Wildman–Crippen MR) is 112 cm³/mol. The van der Waals surface area contributed by atoms with E-state index in [1.54, 1.807) is 33.6 Å². The second-order valence-electron chi connectivity index (χ2n) is 6.90. The monoisotopic (exact) mass is 425 g/mol. The molecule has 1 unspecified atom stereocenters. The maximum Gasteiger partial charge on any atom is 0.269 e. The van der Waals surface area contributed by atoms with Gasteiger partial charge in [0.1, 0.15) is 4.87 Å². The quantitative estimate of drug-likeness (QED) is 0.392. The number of rotatable bonds is 3. The van der Waals surface area contributed by atoms with E-state index in [0.29, 0.717) is 21.9 Å². The van der Waals surface area contributed by atoms with Gasteiger partial charge in [0.2, 0.25) is 4.77 Å². The van der Waals surface area contributed by atoms with Crippen molar-refractivity contribution < 1.29 is 9.72 Å². The number of fused-ring (bicyclic) bond motifs is 2. The fraction of sp³-hybridized carbons (Fsp3) is 0.211. The number of thioether (sulfide) groups is 1. The Kier molecular flexibility index (Phi) is 4.07. The first-order valence-electron chi connectivity index (χ1n) is 8.99. The van der Waals surface area contributed by atoms with E-state index in [-0.39, 0.29) is 11.6 Å². The van der Waals surface area contributed by atoms with Crippen LogP contribution in [-0.2, 0) is 16.1 Å². The summed E-state index contributed by atoms with van der Waals surface area (Å²) in [6.45, 7) is 0.